The highest BCUT2D eigenvalue weighted by Gasteiger charge is 2.10. The van der Waals surface area contributed by atoms with Crippen LogP contribution in [0.4, 0.5) is 4.39 Å². The van der Waals surface area contributed by atoms with Crippen LogP contribution >= 0.6 is 0 Å². The molecule has 2 nitrogen and oxygen atoms in total. The first-order chi connectivity index (χ1) is 8.00. The number of ether oxygens (including phenoxy) is 1. The molecule has 0 amide bonds. The van der Waals surface area contributed by atoms with Gasteiger partial charge in [0, 0.05) is 0 Å². The molecule has 1 aromatic carbocycles. The Morgan fingerprint density at radius 3 is 2.71 bits per heavy atom. The van der Waals surface area contributed by atoms with Crippen LogP contribution in [0.15, 0.2) is 18.2 Å². The van der Waals surface area contributed by atoms with Crippen molar-refractivity contribution in [3.05, 3.63) is 35.1 Å². The lowest BCUT2D eigenvalue weighted by Crippen LogP contribution is -2.09. The van der Waals surface area contributed by atoms with Crippen LogP contribution in [0.2, 0.25) is 0 Å². The summed E-state index contributed by atoms with van der Waals surface area (Å²) in [7, 11) is 0. The van der Waals surface area contributed by atoms with Gasteiger partial charge in [0.25, 0.3) is 0 Å². The fourth-order valence-corrected chi connectivity index (χ4v) is 1.59. The molecule has 0 aromatic heterocycles. The summed E-state index contributed by atoms with van der Waals surface area (Å²) in [6.07, 6.45) is 1.90. The van der Waals surface area contributed by atoms with Crippen LogP contribution in [0.25, 0.3) is 0 Å². The monoisotopic (exact) mass is 238 g/mol. The van der Waals surface area contributed by atoms with E-state index in [0.29, 0.717) is 23.7 Å². The topological polar surface area (TPSA) is 26.3 Å². The minimum absolute atomic E-state index is 0.334. The average molecular weight is 238 g/mol. The second-order valence-corrected chi connectivity index (χ2v) is 4.63. The Morgan fingerprint density at radius 1 is 1.41 bits per heavy atom. The molecule has 0 atom stereocenters. The quantitative estimate of drug-likeness (QED) is 0.577. The van der Waals surface area contributed by atoms with E-state index in [0.717, 1.165) is 12.8 Å². The number of carbonyl (C=O) groups excluding carboxylic acids is 1. The highest BCUT2D eigenvalue weighted by molar-refractivity contribution is 5.90. The van der Waals surface area contributed by atoms with Crippen molar-refractivity contribution >= 4 is 5.97 Å². The Hall–Kier alpha value is -1.38. The lowest BCUT2D eigenvalue weighted by molar-refractivity contribution is 0.0494. The molecule has 0 spiro atoms. The Labute approximate surface area is 102 Å². The minimum atomic E-state index is -0.369. The predicted octanol–water partition coefficient (Wildman–Crippen LogP) is 3.73. The van der Waals surface area contributed by atoms with E-state index in [4.69, 9.17) is 4.74 Å². The number of halogens is 1. The maximum atomic E-state index is 12.9. The van der Waals surface area contributed by atoms with Gasteiger partial charge in [-0.25, -0.2) is 9.18 Å². The Morgan fingerprint density at radius 2 is 2.12 bits per heavy atom. The molecule has 0 fully saturated rings. The molecule has 0 aliphatic rings. The molecule has 0 saturated carbocycles. The summed E-state index contributed by atoms with van der Waals surface area (Å²) in [5, 5.41) is 0. The lowest BCUT2D eigenvalue weighted by Gasteiger charge is -2.08. The smallest absolute Gasteiger partial charge is 0.338 e. The summed E-state index contributed by atoms with van der Waals surface area (Å²) < 4.78 is 18.0. The molecule has 0 radical (unpaired) electrons. The van der Waals surface area contributed by atoms with E-state index in [2.05, 4.69) is 13.8 Å². The Kier molecular flexibility index (Phi) is 5.13. The molecule has 0 aliphatic carbocycles. The van der Waals surface area contributed by atoms with Crippen LogP contribution in [0.3, 0.4) is 0 Å². The van der Waals surface area contributed by atoms with Crippen LogP contribution in [-0.4, -0.2) is 12.6 Å². The maximum absolute atomic E-state index is 12.9. The van der Waals surface area contributed by atoms with E-state index in [1.807, 2.05) is 0 Å². The van der Waals surface area contributed by atoms with E-state index in [-0.39, 0.29) is 11.8 Å². The zero-order chi connectivity index (χ0) is 12.8. The fourth-order valence-electron chi connectivity index (χ4n) is 1.59. The number of aryl methyl sites for hydroxylation is 1. The normalized spacial score (nSPS) is 10.6. The third kappa shape index (κ3) is 4.55. The first kappa shape index (κ1) is 13.7. The highest BCUT2D eigenvalue weighted by atomic mass is 19.1. The minimum Gasteiger partial charge on any atom is -0.462 e. The van der Waals surface area contributed by atoms with Crippen molar-refractivity contribution in [3.8, 4) is 0 Å². The average Bonchev–Trinajstić information content (AvgIpc) is 2.23. The lowest BCUT2D eigenvalue weighted by atomic mass is 10.1. The van der Waals surface area contributed by atoms with Gasteiger partial charge in [0.2, 0.25) is 0 Å². The van der Waals surface area contributed by atoms with Gasteiger partial charge in [-0.2, -0.15) is 0 Å². The third-order valence-electron chi connectivity index (χ3n) is 2.57. The van der Waals surface area contributed by atoms with Crippen molar-refractivity contribution in [2.24, 2.45) is 5.92 Å². The van der Waals surface area contributed by atoms with Crippen LogP contribution in [0.5, 0.6) is 0 Å². The van der Waals surface area contributed by atoms with Crippen molar-refractivity contribution in [1.82, 2.24) is 0 Å². The molecule has 0 heterocycles. The van der Waals surface area contributed by atoms with Gasteiger partial charge in [-0.05, 0) is 49.4 Å². The molecular formula is C14H19FO2. The van der Waals surface area contributed by atoms with Gasteiger partial charge >= 0.3 is 5.97 Å². The molecule has 0 unspecified atom stereocenters. The number of carbonyl (C=O) groups is 1. The van der Waals surface area contributed by atoms with E-state index < -0.39 is 0 Å². The molecule has 0 aliphatic heterocycles. The van der Waals surface area contributed by atoms with Crippen molar-refractivity contribution in [2.75, 3.05) is 6.61 Å². The number of esters is 1. The highest BCUT2D eigenvalue weighted by Crippen LogP contribution is 2.12. The second-order valence-electron chi connectivity index (χ2n) is 4.63. The zero-order valence-electron chi connectivity index (χ0n) is 10.6. The van der Waals surface area contributed by atoms with Crippen molar-refractivity contribution in [3.63, 3.8) is 0 Å². The summed E-state index contributed by atoms with van der Waals surface area (Å²) in [6.45, 7) is 6.39. The molecule has 0 saturated heterocycles. The van der Waals surface area contributed by atoms with Gasteiger partial charge in [-0.15, -0.1) is 0 Å². The second kappa shape index (κ2) is 6.38. The first-order valence-electron chi connectivity index (χ1n) is 5.94. The largest absolute Gasteiger partial charge is 0.462 e. The number of rotatable bonds is 5. The van der Waals surface area contributed by atoms with Gasteiger partial charge in [0.15, 0.2) is 0 Å². The molecular weight excluding hydrogens is 219 g/mol. The summed E-state index contributed by atoms with van der Waals surface area (Å²) in [5.74, 6) is -0.0913. The number of hydrogen-bond donors (Lipinski definition) is 0. The fraction of sp³-hybridized carbons (Fsp3) is 0.500. The van der Waals surface area contributed by atoms with E-state index in [1.54, 1.807) is 6.92 Å². The van der Waals surface area contributed by atoms with Gasteiger partial charge in [-0.3, -0.25) is 0 Å². The third-order valence-corrected chi connectivity index (χ3v) is 2.57. The maximum Gasteiger partial charge on any atom is 0.338 e. The van der Waals surface area contributed by atoms with Crippen LogP contribution in [-0.2, 0) is 4.74 Å². The SMILES string of the molecule is Cc1cc(F)ccc1C(=O)OCCCC(C)C. The van der Waals surface area contributed by atoms with E-state index in [1.165, 1.54) is 18.2 Å². The molecule has 1 aromatic rings. The Bertz CT molecular complexity index is 386. The van der Waals surface area contributed by atoms with Crippen molar-refractivity contribution in [2.45, 2.75) is 33.6 Å². The number of benzene rings is 1. The van der Waals surface area contributed by atoms with Gasteiger partial charge < -0.3 is 4.74 Å². The Balaban J connectivity index is 2.47. The van der Waals surface area contributed by atoms with Crippen LogP contribution < -0.4 is 0 Å². The molecule has 3 heteroatoms. The van der Waals surface area contributed by atoms with Gasteiger partial charge in [-0.1, -0.05) is 13.8 Å². The number of hydrogen-bond acceptors (Lipinski definition) is 2. The molecule has 17 heavy (non-hydrogen) atoms. The summed E-state index contributed by atoms with van der Waals surface area (Å²) in [6, 6.07) is 4.08. The van der Waals surface area contributed by atoms with Crippen LogP contribution in [0, 0.1) is 18.7 Å². The molecule has 1 rings (SSSR count). The van der Waals surface area contributed by atoms with Crippen molar-refractivity contribution < 1.29 is 13.9 Å². The molecule has 0 N–H and O–H groups in total. The van der Waals surface area contributed by atoms with Gasteiger partial charge in [0.05, 0.1) is 12.2 Å². The van der Waals surface area contributed by atoms with E-state index >= 15 is 0 Å². The molecule has 0 bridgehead atoms. The molecule has 94 valence electrons. The first-order valence-corrected chi connectivity index (χ1v) is 5.94. The van der Waals surface area contributed by atoms with Crippen LogP contribution in [0.1, 0.15) is 42.6 Å². The predicted molar refractivity (Wildman–Crippen MR) is 65.5 cm³/mol. The van der Waals surface area contributed by atoms with Crippen molar-refractivity contribution in [1.29, 1.82) is 0 Å². The zero-order valence-corrected chi connectivity index (χ0v) is 10.6. The summed E-state index contributed by atoms with van der Waals surface area (Å²) in [4.78, 5) is 11.7. The summed E-state index contributed by atoms with van der Waals surface area (Å²) >= 11 is 0. The summed E-state index contributed by atoms with van der Waals surface area (Å²) in [5.41, 5.74) is 1.05. The van der Waals surface area contributed by atoms with Gasteiger partial charge in [0.1, 0.15) is 5.82 Å². The van der Waals surface area contributed by atoms with E-state index in [9.17, 15) is 9.18 Å². The standard InChI is InChI=1S/C14H19FO2/c1-10(2)5-4-8-17-14(16)13-7-6-12(15)9-11(13)3/h6-7,9-10H,4-5,8H2,1-3H3.